The Balaban J connectivity index is 2.02. The normalized spacial score (nSPS) is 12.5. The van der Waals surface area contributed by atoms with Crippen LogP contribution in [0.4, 0.5) is 5.69 Å². The van der Waals surface area contributed by atoms with Crippen molar-refractivity contribution in [2.45, 2.75) is 33.6 Å². The average Bonchev–Trinajstić information content (AvgIpc) is 3.13. The van der Waals surface area contributed by atoms with E-state index in [1.807, 2.05) is 23.7 Å². The maximum absolute atomic E-state index is 11.8. The molecule has 0 amide bonds. The van der Waals surface area contributed by atoms with E-state index in [1.165, 1.54) is 11.1 Å². The summed E-state index contributed by atoms with van der Waals surface area (Å²) in [6.07, 6.45) is 2.22. The lowest BCUT2D eigenvalue weighted by Crippen LogP contribution is -2.24. The van der Waals surface area contributed by atoms with Crippen molar-refractivity contribution in [3.8, 4) is 17.3 Å². The minimum atomic E-state index is -4.08. The third-order valence-corrected chi connectivity index (χ3v) is 6.67. The minimum Gasteiger partial charge on any atom is -0.372 e. The van der Waals surface area contributed by atoms with Gasteiger partial charge in [0.1, 0.15) is 6.07 Å². The van der Waals surface area contributed by atoms with Gasteiger partial charge < -0.3 is 9.47 Å². The average molecular weight is 451 g/mol. The van der Waals surface area contributed by atoms with Crippen LogP contribution < -0.4 is 10.0 Å². The highest BCUT2D eigenvalue weighted by Gasteiger charge is 2.19. The molecule has 0 bridgehead atoms. The Bertz CT molecular complexity index is 1310. The Hall–Kier alpha value is -3.08. The highest BCUT2D eigenvalue weighted by atomic mass is 32.2. The molecule has 7 heteroatoms. The molecule has 0 aliphatic heterocycles. The second-order valence-corrected chi connectivity index (χ2v) is 9.51. The van der Waals surface area contributed by atoms with E-state index in [0.29, 0.717) is 11.3 Å². The van der Waals surface area contributed by atoms with E-state index in [0.717, 1.165) is 42.6 Å². The predicted molar refractivity (Wildman–Crippen MR) is 132 cm³/mol. The van der Waals surface area contributed by atoms with Gasteiger partial charge in [-0.1, -0.05) is 32.0 Å². The summed E-state index contributed by atoms with van der Waals surface area (Å²) in [5.41, 5.74) is 4.15. The lowest BCUT2D eigenvalue weighted by Gasteiger charge is -2.24. The molecule has 0 saturated carbocycles. The van der Waals surface area contributed by atoms with Crippen molar-refractivity contribution < 1.29 is 8.42 Å². The van der Waals surface area contributed by atoms with E-state index < -0.39 is 14.9 Å². The number of fused-ring (bicyclic) bond motifs is 1. The van der Waals surface area contributed by atoms with Crippen LogP contribution in [-0.4, -0.2) is 26.1 Å². The summed E-state index contributed by atoms with van der Waals surface area (Å²) in [6.45, 7) is 8.08. The second kappa shape index (κ2) is 9.60. The van der Waals surface area contributed by atoms with Gasteiger partial charge in [0.2, 0.25) is 10.0 Å². The number of nitriles is 1. The zero-order valence-electron chi connectivity index (χ0n) is 19.1. The van der Waals surface area contributed by atoms with Crippen LogP contribution in [0.15, 0.2) is 53.4 Å². The van der Waals surface area contributed by atoms with Crippen molar-refractivity contribution in [3.63, 3.8) is 0 Å². The van der Waals surface area contributed by atoms with Gasteiger partial charge >= 0.3 is 0 Å². The van der Waals surface area contributed by atoms with E-state index in [-0.39, 0.29) is 0 Å². The number of benzene rings is 2. The predicted octanol–water partition coefficient (Wildman–Crippen LogP) is 5.01. The van der Waals surface area contributed by atoms with Gasteiger partial charge in [0.25, 0.3) is 0 Å². The van der Waals surface area contributed by atoms with E-state index in [1.54, 1.807) is 13.0 Å². The van der Waals surface area contributed by atoms with Crippen molar-refractivity contribution in [1.29, 1.82) is 5.26 Å². The standard InChI is InChI=1S/C25H30N4O2S/c1-5-13-29(14-6-2)22-10-9-19-15-21(8-7-20(19)16-22)24-12-11-23(28(24)4)18(3)25(17-26)32(27,30)31/h7-12,15-16H,5-6,13-14H2,1-4H3,(H2,27,30,31)/b25-18+. The Labute approximate surface area is 190 Å². The number of primary sulfonamides is 1. The number of hydrogen-bond donors (Lipinski definition) is 1. The van der Waals surface area contributed by atoms with Crippen LogP contribution in [0.25, 0.3) is 27.6 Å². The van der Waals surface area contributed by atoms with Gasteiger partial charge in [-0.05, 0) is 66.4 Å². The maximum Gasteiger partial charge on any atom is 0.248 e. The molecule has 168 valence electrons. The first-order valence-corrected chi connectivity index (χ1v) is 12.3. The molecule has 0 atom stereocenters. The molecule has 0 spiro atoms. The van der Waals surface area contributed by atoms with Crippen LogP contribution in [0.5, 0.6) is 0 Å². The number of nitrogens with zero attached hydrogens (tertiary/aromatic N) is 3. The van der Waals surface area contributed by atoms with Gasteiger partial charge in [-0.15, -0.1) is 0 Å². The maximum atomic E-state index is 11.8. The van der Waals surface area contributed by atoms with E-state index in [4.69, 9.17) is 5.14 Å². The van der Waals surface area contributed by atoms with E-state index >= 15 is 0 Å². The molecule has 6 nitrogen and oxygen atoms in total. The number of allylic oxidation sites excluding steroid dienone is 2. The molecular weight excluding hydrogens is 420 g/mol. The summed E-state index contributed by atoms with van der Waals surface area (Å²) < 4.78 is 25.4. The molecule has 3 rings (SSSR count). The number of aromatic nitrogens is 1. The van der Waals surface area contributed by atoms with Gasteiger partial charge in [-0.2, -0.15) is 5.26 Å². The molecule has 0 aliphatic rings. The molecule has 0 unspecified atom stereocenters. The quantitative estimate of drug-likeness (QED) is 0.488. The van der Waals surface area contributed by atoms with Crippen molar-refractivity contribution >= 4 is 32.1 Å². The number of rotatable bonds is 8. The van der Waals surface area contributed by atoms with Crippen LogP contribution in [-0.2, 0) is 17.1 Å². The topological polar surface area (TPSA) is 92.1 Å². The van der Waals surface area contributed by atoms with Crippen molar-refractivity contribution in [3.05, 3.63) is 59.1 Å². The lowest BCUT2D eigenvalue weighted by atomic mass is 10.0. The molecule has 3 aromatic rings. The molecule has 0 saturated heterocycles. The summed E-state index contributed by atoms with van der Waals surface area (Å²) in [4.78, 5) is 2.00. The highest BCUT2D eigenvalue weighted by molar-refractivity contribution is 7.93. The van der Waals surface area contributed by atoms with Crippen molar-refractivity contribution in [2.24, 2.45) is 12.2 Å². The SMILES string of the molecule is CCCN(CCC)c1ccc2cc(-c3ccc(/C(C)=C(\C#N)S(N)(=O)=O)n3C)ccc2c1. The molecule has 1 heterocycles. The minimum absolute atomic E-state index is 0.334. The molecule has 0 fully saturated rings. The van der Waals surface area contributed by atoms with Gasteiger partial charge in [0.05, 0.1) is 0 Å². The molecule has 0 radical (unpaired) electrons. The summed E-state index contributed by atoms with van der Waals surface area (Å²) >= 11 is 0. The smallest absolute Gasteiger partial charge is 0.248 e. The number of hydrogen-bond acceptors (Lipinski definition) is 4. The third kappa shape index (κ3) is 4.72. The van der Waals surface area contributed by atoms with Crippen molar-refractivity contribution in [2.75, 3.05) is 18.0 Å². The van der Waals surface area contributed by atoms with Gasteiger partial charge in [-0.3, -0.25) is 0 Å². The first-order chi connectivity index (χ1) is 15.2. The Morgan fingerprint density at radius 3 is 2.25 bits per heavy atom. The molecule has 1 aromatic heterocycles. The Morgan fingerprint density at radius 1 is 1.03 bits per heavy atom. The summed E-state index contributed by atoms with van der Waals surface area (Å²) in [5.74, 6) is 0. The zero-order valence-corrected chi connectivity index (χ0v) is 19.9. The number of nitrogens with two attached hydrogens (primary N) is 1. The Kier molecular flexibility index (Phi) is 7.07. The van der Waals surface area contributed by atoms with E-state index in [2.05, 4.69) is 55.1 Å². The molecule has 2 aromatic carbocycles. The molecule has 32 heavy (non-hydrogen) atoms. The fourth-order valence-corrected chi connectivity index (χ4v) is 4.81. The zero-order chi connectivity index (χ0) is 23.5. The van der Waals surface area contributed by atoms with Gasteiger partial charge in [0.15, 0.2) is 4.91 Å². The van der Waals surface area contributed by atoms with Crippen LogP contribution in [0.1, 0.15) is 39.3 Å². The van der Waals surface area contributed by atoms with Crippen LogP contribution in [0, 0.1) is 11.3 Å². The van der Waals surface area contributed by atoms with Crippen LogP contribution in [0.3, 0.4) is 0 Å². The number of anilines is 1. The third-order valence-electron chi connectivity index (χ3n) is 5.70. The fourth-order valence-electron chi connectivity index (χ4n) is 4.15. The van der Waals surface area contributed by atoms with Gasteiger partial charge in [-0.25, -0.2) is 13.6 Å². The molecule has 0 aliphatic carbocycles. The molecular formula is C25H30N4O2S. The van der Waals surface area contributed by atoms with Gasteiger partial charge in [0, 0.05) is 42.8 Å². The highest BCUT2D eigenvalue weighted by Crippen LogP contribution is 2.31. The fraction of sp³-hybridized carbons (Fsp3) is 0.320. The lowest BCUT2D eigenvalue weighted by molar-refractivity contribution is 0.605. The van der Waals surface area contributed by atoms with E-state index in [9.17, 15) is 13.7 Å². The molecule has 2 N–H and O–H groups in total. The summed E-state index contributed by atoms with van der Waals surface area (Å²) in [5, 5.41) is 16.8. The largest absolute Gasteiger partial charge is 0.372 e. The summed E-state index contributed by atoms with van der Waals surface area (Å²) in [6, 6.07) is 18.3. The first-order valence-electron chi connectivity index (χ1n) is 10.8. The first kappa shape index (κ1) is 23.6. The van der Waals surface area contributed by atoms with Crippen molar-refractivity contribution in [1.82, 2.24) is 4.57 Å². The number of sulfonamides is 1. The summed E-state index contributed by atoms with van der Waals surface area (Å²) in [7, 11) is -2.23. The second-order valence-electron chi connectivity index (χ2n) is 8.01. The Morgan fingerprint density at radius 2 is 1.66 bits per heavy atom. The monoisotopic (exact) mass is 450 g/mol. The van der Waals surface area contributed by atoms with Crippen LogP contribution >= 0.6 is 0 Å². The van der Waals surface area contributed by atoms with Crippen LogP contribution in [0.2, 0.25) is 0 Å².